The molecule has 90 valence electrons. The molecule has 1 aromatic heterocycles. The van der Waals surface area contributed by atoms with Crippen LogP contribution in [0.25, 0.3) is 11.0 Å². The van der Waals surface area contributed by atoms with Gasteiger partial charge in [0.05, 0.1) is 17.1 Å². The fourth-order valence-corrected chi connectivity index (χ4v) is 2.84. The van der Waals surface area contributed by atoms with Crippen LogP contribution in [-0.4, -0.2) is 16.5 Å². The van der Waals surface area contributed by atoms with Crippen molar-refractivity contribution in [3.05, 3.63) is 28.5 Å². The quantitative estimate of drug-likeness (QED) is 0.846. The van der Waals surface area contributed by atoms with Crippen molar-refractivity contribution < 1.29 is 0 Å². The SMILES string of the molecule is CC1CCNC(c2nc3ccc(Br)cc3[nH]2)C1. The van der Waals surface area contributed by atoms with Gasteiger partial charge in [0.25, 0.3) is 0 Å². The minimum atomic E-state index is 0.380. The molecule has 1 aliphatic rings. The predicted octanol–water partition coefficient (Wildman–Crippen LogP) is 3.39. The number of fused-ring (bicyclic) bond motifs is 1. The summed E-state index contributed by atoms with van der Waals surface area (Å²) < 4.78 is 1.09. The van der Waals surface area contributed by atoms with Crippen molar-refractivity contribution in [2.45, 2.75) is 25.8 Å². The lowest BCUT2D eigenvalue weighted by atomic mass is 9.94. The number of nitrogens with one attached hydrogen (secondary N) is 2. The van der Waals surface area contributed by atoms with E-state index < -0.39 is 0 Å². The molecule has 2 N–H and O–H groups in total. The van der Waals surface area contributed by atoms with Crippen LogP contribution >= 0.6 is 15.9 Å². The second-order valence-corrected chi connectivity index (χ2v) is 5.84. The molecule has 17 heavy (non-hydrogen) atoms. The first kappa shape index (κ1) is 11.2. The van der Waals surface area contributed by atoms with Gasteiger partial charge in [0.1, 0.15) is 5.82 Å². The summed E-state index contributed by atoms with van der Waals surface area (Å²) in [6.45, 7) is 3.40. The van der Waals surface area contributed by atoms with E-state index in [-0.39, 0.29) is 0 Å². The second-order valence-electron chi connectivity index (χ2n) is 4.92. The molecule has 1 aliphatic heterocycles. The first-order valence-corrected chi connectivity index (χ1v) is 6.90. The average Bonchev–Trinajstić information content (AvgIpc) is 2.72. The Morgan fingerprint density at radius 1 is 1.41 bits per heavy atom. The lowest BCUT2D eigenvalue weighted by Gasteiger charge is -2.26. The fraction of sp³-hybridized carbons (Fsp3) is 0.462. The van der Waals surface area contributed by atoms with Crippen LogP contribution in [0.5, 0.6) is 0 Å². The number of halogens is 1. The molecule has 1 saturated heterocycles. The lowest BCUT2D eigenvalue weighted by Crippen LogP contribution is -2.31. The monoisotopic (exact) mass is 293 g/mol. The zero-order valence-electron chi connectivity index (χ0n) is 9.83. The number of benzene rings is 1. The van der Waals surface area contributed by atoms with E-state index in [1.54, 1.807) is 0 Å². The zero-order chi connectivity index (χ0) is 11.8. The van der Waals surface area contributed by atoms with Crippen LogP contribution in [0.2, 0.25) is 0 Å². The van der Waals surface area contributed by atoms with Crippen molar-refractivity contribution in [1.82, 2.24) is 15.3 Å². The molecule has 2 atom stereocenters. The minimum Gasteiger partial charge on any atom is -0.341 e. The molecule has 3 rings (SSSR count). The van der Waals surface area contributed by atoms with Gasteiger partial charge >= 0.3 is 0 Å². The summed E-state index contributed by atoms with van der Waals surface area (Å²) in [7, 11) is 0. The van der Waals surface area contributed by atoms with E-state index in [1.165, 1.54) is 12.8 Å². The summed E-state index contributed by atoms with van der Waals surface area (Å²) >= 11 is 3.48. The van der Waals surface area contributed by atoms with Gasteiger partial charge in [0, 0.05) is 4.47 Å². The third-order valence-electron chi connectivity index (χ3n) is 3.46. The molecular weight excluding hydrogens is 278 g/mol. The molecule has 3 nitrogen and oxygen atoms in total. The number of hydrogen-bond acceptors (Lipinski definition) is 2. The zero-order valence-corrected chi connectivity index (χ0v) is 11.4. The Morgan fingerprint density at radius 3 is 3.12 bits per heavy atom. The molecule has 0 amide bonds. The van der Waals surface area contributed by atoms with E-state index in [0.717, 1.165) is 33.8 Å². The van der Waals surface area contributed by atoms with Crippen LogP contribution < -0.4 is 5.32 Å². The summed E-state index contributed by atoms with van der Waals surface area (Å²) in [5, 5.41) is 3.54. The molecule has 0 radical (unpaired) electrons. The number of piperidine rings is 1. The lowest BCUT2D eigenvalue weighted by molar-refractivity contribution is 0.317. The van der Waals surface area contributed by atoms with Gasteiger partial charge in [-0.05, 0) is 43.5 Å². The maximum Gasteiger partial charge on any atom is 0.124 e. The standard InChI is InChI=1S/C13H16BrN3/c1-8-4-5-15-12(6-8)13-16-10-3-2-9(14)7-11(10)17-13/h2-3,7-8,12,15H,4-6H2,1H3,(H,16,17). The molecule has 1 aromatic carbocycles. The highest BCUT2D eigenvalue weighted by Gasteiger charge is 2.22. The van der Waals surface area contributed by atoms with E-state index in [0.29, 0.717) is 6.04 Å². The number of aromatic amines is 1. The molecule has 4 heteroatoms. The van der Waals surface area contributed by atoms with Gasteiger partial charge in [-0.25, -0.2) is 4.98 Å². The molecule has 0 spiro atoms. The largest absolute Gasteiger partial charge is 0.341 e. The topological polar surface area (TPSA) is 40.7 Å². The third kappa shape index (κ3) is 2.24. The van der Waals surface area contributed by atoms with Crippen molar-refractivity contribution in [2.24, 2.45) is 5.92 Å². The summed E-state index contributed by atoms with van der Waals surface area (Å²) in [6.07, 6.45) is 2.43. The van der Waals surface area contributed by atoms with E-state index in [9.17, 15) is 0 Å². The molecule has 0 saturated carbocycles. The van der Waals surface area contributed by atoms with Crippen LogP contribution in [-0.2, 0) is 0 Å². The molecule has 0 bridgehead atoms. The Hall–Kier alpha value is -0.870. The van der Waals surface area contributed by atoms with Crippen LogP contribution in [0.3, 0.4) is 0 Å². The van der Waals surface area contributed by atoms with Gasteiger partial charge in [-0.2, -0.15) is 0 Å². The maximum absolute atomic E-state index is 4.67. The summed E-state index contributed by atoms with van der Waals surface area (Å²) in [4.78, 5) is 8.10. The number of imidazole rings is 1. The smallest absolute Gasteiger partial charge is 0.124 e. The van der Waals surface area contributed by atoms with Crippen LogP contribution in [0, 0.1) is 5.92 Å². The van der Waals surface area contributed by atoms with Gasteiger partial charge in [0.15, 0.2) is 0 Å². The third-order valence-corrected chi connectivity index (χ3v) is 3.95. The van der Waals surface area contributed by atoms with E-state index in [2.05, 4.69) is 44.2 Å². The van der Waals surface area contributed by atoms with Crippen LogP contribution in [0.1, 0.15) is 31.6 Å². The predicted molar refractivity (Wildman–Crippen MR) is 72.9 cm³/mol. The molecule has 0 aliphatic carbocycles. The summed E-state index contributed by atoms with van der Waals surface area (Å²) in [5.41, 5.74) is 2.15. The van der Waals surface area contributed by atoms with Crippen LogP contribution in [0.4, 0.5) is 0 Å². The van der Waals surface area contributed by atoms with Gasteiger partial charge in [0.2, 0.25) is 0 Å². The Labute approximate surface area is 109 Å². The molecule has 2 aromatic rings. The first-order valence-electron chi connectivity index (χ1n) is 6.11. The van der Waals surface area contributed by atoms with Crippen molar-refractivity contribution >= 4 is 27.0 Å². The van der Waals surface area contributed by atoms with Crippen molar-refractivity contribution in [2.75, 3.05) is 6.54 Å². The fourth-order valence-electron chi connectivity index (χ4n) is 2.48. The van der Waals surface area contributed by atoms with Gasteiger partial charge in [-0.15, -0.1) is 0 Å². The molecule has 2 unspecified atom stereocenters. The average molecular weight is 294 g/mol. The van der Waals surface area contributed by atoms with E-state index in [1.807, 2.05) is 12.1 Å². The second kappa shape index (κ2) is 4.42. The van der Waals surface area contributed by atoms with Crippen molar-refractivity contribution in [1.29, 1.82) is 0 Å². The van der Waals surface area contributed by atoms with Gasteiger partial charge in [-0.1, -0.05) is 22.9 Å². The highest BCUT2D eigenvalue weighted by molar-refractivity contribution is 9.10. The van der Waals surface area contributed by atoms with E-state index >= 15 is 0 Å². The molecular formula is C13H16BrN3. The minimum absolute atomic E-state index is 0.380. The Balaban J connectivity index is 1.94. The van der Waals surface area contributed by atoms with Crippen molar-refractivity contribution in [3.8, 4) is 0 Å². The molecule has 2 heterocycles. The highest BCUT2D eigenvalue weighted by Crippen LogP contribution is 2.27. The highest BCUT2D eigenvalue weighted by atomic mass is 79.9. The van der Waals surface area contributed by atoms with Crippen LogP contribution in [0.15, 0.2) is 22.7 Å². The Bertz CT molecular complexity index is 534. The Morgan fingerprint density at radius 2 is 2.29 bits per heavy atom. The number of H-pyrrole nitrogens is 1. The Kier molecular flexibility index (Phi) is 2.92. The van der Waals surface area contributed by atoms with Gasteiger partial charge < -0.3 is 10.3 Å². The van der Waals surface area contributed by atoms with E-state index in [4.69, 9.17) is 0 Å². The summed E-state index contributed by atoms with van der Waals surface area (Å²) in [5.74, 6) is 1.85. The first-order chi connectivity index (χ1) is 8.22. The van der Waals surface area contributed by atoms with Crippen molar-refractivity contribution in [3.63, 3.8) is 0 Å². The number of aromatic nitrogens is 2. The van der Waals surface area contributed by atoms with Gasteiger partial charge in [-0.3, -0.25) is 0 Å². The molecule has 1 fully saturated rings. The number of rotatable bonds is 1. The summed E-state index contributed by atoms with van der Waals surface area (Å²) in [6, 6.07) is 6.54. The normalized spacial score (nSPS) is 25.3. The number of nitrogens with zero attached hydrogens (tertiary/aromatic N) is 1. The number of hydrogen-bond donors (Lipinski definition) is 2. The maximum atomic E-state index is 4.67.